The molecule has 2 bridgehead atoms. The van der Waals surface area contributed by atoms with Crippen LogP contribution in [0.15, 0.2) is 42.5 Å². The lowest BCUT2D eigenvalue weighted by Crippen LogP contribution is -2.29. The second-order valence-corrected chi connectivity index (χ2v) is 5.42. The SMILES string of the molecule is O=C(c1ccccc1)C1CC2C=CCC(C2)C1. The van der Waals surface area contributed by atoms with Gasteiger partial charge in [-0.05, 0) is 37.5 Å². The van der Waals surface area contributed by atoms with Crippen LogP contribution in [0.2, 0.25) is 0 Å². The first kappa shape index (κ1) is 10.8. The van der Waals surface area contributed by atoms with Gasteiger partial charge in [-0.15, -0.1) is 0 Å². The van der Waals surface area contributed by atoms with Crippen molar-refractivity contribution in [2.24, 2.45) is 17.8 Å². The Morgan fingerprint density at radius 2 is 1.88 bits per heavy atom. The lowest BCUT2D eigenvalue weighted by molar-refractivity contribution is 0.0834. The number of carbonyl (C=O) groups excluding carboxylic acids is 1. The summed E-state index contributed by atoms with van der Waals surface area (Å²) in [4.78, 5) is 12.4. The largest absolute Gasteiger partial charge is 0.294 e. The van der Waals surface area contributed by atoms with Crippen LogP contribution < -0.4 is 0 Å². The first-order valence-corrected chi connectivity index (χ1v) is 6.59. The highest BCUT2D eigenvalue weighted by Gasteiger charge is 2.33. The summed E-state index contributed by atoms with van der Waals surface area (Å²) in [6.45, 7) is 0. The van der Waals surface area contributed by atoms with Crippen LogP contribution in [-0.2, 0) is 0 Å². The molecule has 0 N–H and O–H groups in total. The molecule has 1 aromatic rings. The summed E-state index contributed by atoms with van der Waals surface area (Å²) < 4.78 is 0. The van der Waals surface area contributed by atoms with Gasteiger partial charge in [-0.1, -0.05) is 42.5 Å². The quantitative estimate of drug-likeness (QED) is 0.553. The molecule has 0 saturated heterocycles. The van der Waals surface area contributed by atoms with Gasteiger partial charge in [0.15, 0.2) is 5.78 Å². The van der Waals surface area contributed by atoms with Gasteiger partial charge in [-0.2, -0.15) is 0 Å². The predicted molar refractivity (Wildman–Crippen MR) is 68.9 cm³/mol. The first-order chi connectivity index (χ1) is 8.33. The van der Waals surface area contributed by atoms with Gasteiger partial charge in [0, 0.05) is 11.5 Å². The Morgan fingerprint density at radius 1 is 1.06 bits per heavy atom. The van der Waals surface area contributed by atoms with E-state index in [0.29, 0.717) is 11.7 Å². The van der Waals surface area contributed by atoms with Crippen molar-refractivity contribution < 1.29 is 4.79 Å². The zero-order valence-corrected chi connectivity index (χ0v) is 10.0. The van der Waals surface area contributed by atoms with Crippen LogP contribution in [0.3, 0.4) is 0 Å². The van der Waals surface area contributed by atoms with Gasteiger partial charge in [0.1, 0.15) is 0 Å². The molecule has 0 aliphatic heterocycles. The van der Waals surface area contributed by atoms with E-state index in [0.717, 1.165) is 24.3 Å². The maximum absolute atomic E-state index is 12.4. The van der Waals surface area contributed by atoms with Crippen molar-refractivity contribution in [1.82, 2.24) is 0 Å². The fraction of sp³-hybridized carbons (Fsp3) is 0.438. The summed E-state index contributed by atoms with van der Waals surface area (Å²) in [5.74, 6) is 2.01. The number of rotatable bonds is 2. The van der Waals surface area contributed by atoms with Crippen molar-refractivity contribution >= 4 is 5.78 Å². The topological polar surface area (TPSA) is 17.1 Å². The Bertz CT molecular complexity index is 432. The van der Waals surface area contributed by atoms with Gasteiger partial charge in [0.25, 0.3) is 0 Å². The minimum Gasteiger partial charge on any atom is -0.294 e. The zero-order chi connectivity index (χ0) is 11.7. The second-order valence-electron chi connectivity index (χ2n) is 5.42. The van der Waals surface area contributed by atoms with Crippen molar-refractivity contribution in [1.29, 1.82) is 0 Å². The Hall–Kier alpha value is -1.37. The molecule has 3 rings (SSSR count). The van der Waals surface area contributed by atoms with Gasteiger partial charge >= 0.3 is 0 Å². The van der Waals surface area contributed by atoms with Crippen LogP contribution in [-0.4, -0.2) is 5.78 Å². The molecule has 2 aliphatic rings. The minimum atomic E-state index is 0.256. The summed E-state index contributed by atoms with van der Waals surface area (Å²) >= 11 is 0. The molecule has 1 heteroatoms. The third-order valence-corrected chi connectivity index (χ3v) is 4.15. The highest BCUT2D eigenvalue weighted by atomic mass is 16.1. The van der Waals surface area contributed by atoms with Gasteiger partial charge in [-0.3, -0.25) is 4.79 Å². The number of allylic oxidation sites excluding steroid dienone is 2. The third kappa shape index (κ3) is 2.19. The van der Waals surface area contributed by atoms with E-state index in [1.807, 2.05) is 30.3 Å². The molecule has 2 aliphatic carbocycles. The molecule has 3 unspecified atom stereocenters. The molecule has 1 aromatic carbocycles. The number of hydrogen-bond donors (Lipinski definition) is 0. The summed E-state index contributed by atoms with van der Waals surface area (Å²) in [6, 6.07) is 9.77. The molecule has 0 amide bonds. The highest BCUT2D eigenvalue weighted by Crippen LogP contribution is 2.40. The first-order valence-electron chi connectivity index (χ1n) is 6.59. The van der Waals surface area contributed by atoms with Gasteiger partial charge in [0.2, 0.25) is 0 Å². The number of Topliss-reactive ketones (excluding diaryl/α,β-unsaturated/α-hetero) is 1. The van der Waals surface area contributed by atoms with E-state index < -0.39 is 0 Å². The van der Waals surface area contributed by atoms with Crippen LogP contribution in [0.25, 0.3) is 0 Å². The number of carbonyl (C=O) groups is 1. The fourth-order valence-electron chi connectivity index (χ4n) is 3.35. The average molecular weight is 226 g/mol. The van der Waals surface area contributed by atoms with Crippen LogP contribution in [0.4, 0.5) is 0 Å². The molecule has 17 heavy (non-hydrogen) atoms. The molecule has 0 spiro atoms. The van der Waals surface area contributed by atoms with Crippen molar-refractivity contribution in [3.63, 3.8) is 0 Å². The van der Waals surface area contributed by atoms with Gasteiger partial charge in [0.05, 0.1) is 0 Å². The van der Waals surface area contributed by atoms with Crippen LogP contribution >= 0.6 is 0 Å². The molecule has 1 saturated carbocycles. The lowest BCUT2D eigenvalue weighted by atomic mass is 9.69. The van der Waals surface area contributed by atoms with E-state index in [2.05, 4.69) is 12.2 Å². The van der Waals surface area contributed by atoms with Crippen molar-refractivity contribution in [3.8, 4) is 0 Å². The Labute approximate surface area is 103 Å². The van der Waals surface area contributed by atoms with E-state index in [1.165, 1.54) is 12.8 Å². The maximum atomic E-state index is 12.4. The molecular formula is C16H18O. The second kappa shape index (κ2) is 4.48. The molecule has 0 heterocycles. The minimum absolute atomic E-state index is 0.256. The van der Waals surface area contributed by atoms with Crippen LogP contribution in [0, 0.1) is 17.8 Å². The number of benzene rings is 1. The fourth-order valence-corrected chi connectivity index (χ4v) is 3.35. The molecule has 0 radical (unpaired) electrons. The third-order valence-electron chi connectivity index (χ3n) is 4.15. The monoisotopic (exact) mass is 226 g/mol. The summed E-state index contributed by atoms with van der Waals surface area (Å²) in [6.07, 6.45) is 9.25. The number of hydrogen-bond acceptors (Lipinski definition) is 1. The molecular weight excluding hydrogens is 208 g/mol. The van der Waals surface area contributed by atoms with Gasteiger partial charge < -0.3 is 0 Å². The predicted octanol–water partition coefficient (Wildman–Crippen LogP) is 3.86. The molecule has 88 valence electrons. The standard InChI is InChI=1S/C16H18O/c17-16(14-7-2-1-3-8-14)15-10-12-5-4-6-13(9-12)11-15/h1-5,7-8,12-13,15H,6,9-11H2. The van der Waals surface area contributed by atoms with Crippen LogP contribution in [0.5, 0.6) is 0 Å². The van der Waals surface area contributed by atoms with Crippen molar-refractivity contribution in [2.75, 3.05) is 0 Å². The Morgan fingerprint density at radius 3 is 2.65 bits per heavy atom. The molecule has 1 nitrogen and oxygen atoms in total. The Balaban J connectivity index is 1.77. The summed E-state index contributed by atoms with van der Waals surface area (Å²) in [7, 11) is 0. The van der Waals surface area contributed by atoms with E-state index >= 15 is 0 Å². The van der Waals surface area contributed by atoms with E-state index in [-0.39, 0.29) is 5.92 Å². The average Bonchev–Trinajstić information content (AvgIpc) is 2.38. The highest BCUT2D eigenvalue weighted by molar-refractivity contribution is 5.97. The molecule has 1 fully saturated rings. The van der Waals surface area contributed by atoms with Crippen molar-refractivity contribution in [2.45, 2.75) is 25.7 Å². The number of ketones is 1. The number of fused-ring (bicyclic) bond motifs is 2. The van der Waals surface area contributed by atoms with Crippen LogP contribution in [0.1, 0.15) is 36.0 Å². The maximum Gasteiger partial charge on any atom is 0.165 e. The lowest BCUT2D eigenvalue weighted by Gasteiger charge is -2.35. The van der Waals surface area contributed by atoms with Gasteiger partial charge in [-0.25, -0.2) is 0 Å². The van der Waals surface area contributed by atoms with E-state index in [9.17, 15) is 4.79 Å². The van der Waals surface area contributed by atoms with E-state index in [1.54, 1.807) is 0 Å². The Kier molecular flexibility index (Phi) is 2.84. The normalized spacial score (nSPS) is 31.2. The van der Waals surface area contributed by atoms with E-state index in [4.69, 9.17) is 0 Å². The smallest absolute Gasteiger partial charge is 0.165 e. The van der Waals surface area contributed by atoms with Crippen molar-refractivity contribution in [3.05, 3.63) is 48.0 Å². The summed E-state index contributed by atoms with van der Waals surface area (Å²) in [5.41, 5.74) is 0.890. The molecule has 3 atom stereocenters. The molecule has 0 aromatic heterocycles. The zero-order valence-electron chi connectivity index (χ0n) is 10.0. The summed E-state index contributed by atoms with van der Waals surface area (Å²) in [5, 5.41) is 0.